The minimum atomic E-state index is -4.19. The zero-order valence-corrected chi connectivity index (χ0v) is 17.4. The highest BCUT2D eigenvalue weighted by Gasteiger charge is 2.26. The highest BCUT2D eigenvalue weighted by molar-refractivity contribution is 7.90. The van der Waals surface area contributed by atoms with Crippen LogP contribution in [0.15, 0.2) is 94.9 Å². The molecule has 0 bridgehead atoms. The van der Waals surface area contributed by atoms with Gasteiger partial charge < -0.3 is 5.32 Å². The first-order valence-electron chi connectivity index (χ1n) is 9.24. The number of anilines is 2. The topological polar surface area (TPSA) is 117 Å². The van der Waals surface area contributed by atoms with Crippen molar-refractivity contribution in [2.24, 2.45) is 5.10 Å². The van der Waals surface area contributed by atoms with Gasteiger partial charge in [-0.2, -0.15) is 5.10 Å². The molecule has 158 valence electrons. The third kappa shape index (κ3) is 6.00. The second kappa shape index (κ2) is 9.68. The lowest BCUT2D eigenvalue weighted by Gasteiger charge is -2.10. The highest BCUT2D eigenvalue weighted by atomic mass is 32.2. The predicted octanol–water partition coefficient (Wildman–Crippen LogP) is 2.91. The van der Waals surface area contributed by atoms with Crippen molar-refractivity contribution in [3.05, 3.63) is 90.5 Å². The van der Waals surface area contributed by atoms with E-state index in [4.69, 9.17) is 0 Å². The molecule has 0 aliphatic rings. The number of sulfonamides is 1. The lowest BCUT2D eigenvalue weighted by Crippen LogP contribution is -2.42. The summed E-state index contributed by atoms with van der Waals surface area (Å²) in [4.78, 5) is 25.3. The molecule has 8 nitrogen and oxygen atoms in total. The van der Waals surface area contributed by atoms with Crippen molar-refractivity contribution < 1.29 is 18.0 Å². The van der Waals surface area contributed by atoms with Crippen LogP contribution in [0.2, 0.25) is 0 Å². The van der Waals surface area contributed by atoms with Crippen molar-refractivity contribution >= 4 is 38.9 Å². The molecule has 9 heteroatoms. The number of nitrogens with zero attached hydrogens (tertiary/aromatic N) is 1. The average Bonchev–Trinajstić information content (AvgIpc) is 2.76. The SMILES string of the molecule is Cc1ccc(NC(=O)C(=NNc2ccccc2)C(=O)NS(=O)(=O)c2ccccc2)cc1. The van der Waals surface area contributed by atoms with E-state index in [0.717, 1.165) is 5.56 Å². The van der Waals surface area contributed by atoms with Crippen molar-refractivity contribution in [2.75, 3.05) is 10.7 Å². The summed E-state index contributed by atoms with van der Waals surface area (Å²) in [7, 11) is -4.19. The van der Waals surface area contributed by atoms with Crippen LogP contribution in [-0.2, 0) is 19.6 Å². The molecule has 0 aliphatic heterocycles. The summed E-state index contributed by atoms with van der Waals surface area (Å²) in [6.07, 6.45) is 0. The zero-order valence-electron chi connectivity index (χ0n) is 16.6. The van der Waals surface area contributed by atoms with Crippen molar-refractivity contribution in [3.8, 4) is 0 Å². The third-order valence-corrected chi connectivity index (χ3v) is 5.44. The Morgan fingerprint density at radius 3 is 1.94 bits per heavy atom. The molecule has 0 saturated carbocycles. The maximum absolute atomic E-state index is 12.7. The van der Waals surface area contributed by atoms with Crippen molar-refractivity contribution in [1.82, 2.24) is 4.72 Å². The normalized spacial score (nSPS) is 11.5. The van der Waals surface area contributed by atoms with Crippen LogP contribution >= 0.6 is 0 Å². The van der Waals surface area contributed by atoms with E-state index in [2.05, 4.69) is 15.8 Å². The number of hydrazone groups is 1. The molecule has 31 heavy (non-hydrogen) atoms. The molecular weight excluding hydrogens is 416 g/mol. The van der Waals surface area contributed by atoms with Crippen LogP contribution in [0.5, 0.6) is 0 Å². The highest BCUT2D eigenvalue weighted by Crippen LogP contribution is 2.11. The number of benzene rings is 3. The second-order valence-corrected chi connectivity index (χ2v) is 8.19. The summed E-state index contributed by atoms with van der Waals surface area (Å²) < 4.78 is 26.9. The van der Waals surface area contributed by atoms with E-state index in [9.17, 15) is 18.0 Å². The fraction of sp³-hybridized carbons (Fsp3) is 0.0455. The monoisotopic (exact) mass is 436 g/mol. The van der Waals surface area contributed by atoms with Gasteiger partial charge in [-0.25, -0.2) is 13.1 Å². The molecule has 0 aliphatic carbocycles. The van der Waals surface area contributed by atoms with Crippen LogP contribution in [0.4, 0.5) is 11.4 Å². The summed E-state index contributed by atoms with van der Waals surface area (Å²) in [6, 6.07) is 22.9. The predicted molar refractivity (Wildman–Crippen MR) is 119 cm³/mol. The van der Waals surface area contributed by atoms with Gasteiger partial charge in [0.2, 0.25) is 5.71 Å². The van der Waals surface area contributed by atoms with E-state index >= 15 is 0 Å². The minimum absolute atomic E-state index is 0.113. The molecule has 0 atom stereocenters. The van der Waals surface area contributed by atoms with Gasteiger partial charge in [0.25, 0.3) is 21.8 Å². The molecular formula is C22H20N4O4S. The van der Waals surface area contributed by atoms with Crippen LogP contribution < -0.4 is 15.5 Å². The molecule has 2 amide bonds. The molecule has 0 saturated heterocycles. The maximum atomic E-state index is 12.7. The van der Waals surface area contributed by atoms with Gasteiger partial charge in [-0.15, -0.1) is 0 Å². The number of rotatable bonds is 7. The average molecular weight is 436 g/mol. The van der Waals surface area contributed by atoms with Crippen LogP contribution in [0.25, 0.3) is 0 Å². The quantitative estimate of drug-likeness (QED) is 0.299. The van der Waals surface area contributed by atoms with Gasteiger partial charge in [0.05, 0.1) is 10.6 Å². The van der Waals surface area contributed by atoms with Crippen molar-refractivity contribution in [2.45, 2.75) is 11.8 Å². The Kier molecular flexibility index (Phi) is 6.78. The van der Waals surface area contributed by atoms with Crippen molar-refractivity contribution in [3.63, 3.8) is 0 Å². The molecule has 3 N–H and O–H groups in total. The summed E-state index contributed by atoms with van der Waals surface area (Å²) in [5, 5.41) is 6.41. The Bertz CT molecular complexity index is 1190. The number of hydrogen-bond donors (Lipinski definition) is 3. The molecule has 3 aromatic carbocycles. The number of para-hydroxylation sites is 1. The van der Waals surface area contributed by atoms with Crippen LogP contribution in [0.1, 0.15) is 5.56 Å². The van der Waals surface area contributed by atoms with E-state index < -0.39 is 27.5 Å². The van der Waals surface area contributed by atoms with E-state index in [0.29, 0.717) is 11.4 Å². The Balaban J connectivity index is 1.86. The second-order valence-electron chi connectivity index (χ2n) is 6.51. The molecule has 0 fully saturated rings. The molecule has 3 aromatic rings. The number of nitrogens with one attached hydrogen (secondary N) is 3. The number of amides is 2. The Hall–Kier alpha value is -3.98. The molecule has 0 spiro atoms. The summed E-state index contributed by atoms with van der Waals surface area (Å²) in [5.41, 5.74) is 3.89. The first kappa shape index (κ1) is 21.7. The standard InChI is InChI=1S/C22H20N4O4S/c1-16-12-14-17(15-13-16)23-21(27)20(25-24-18-8-4-2-5-9-18)22(28)26-31(29,30)19-10-6-3-7-11-19/h2-15,24H,1H3,(H,23,27)(H,26,28). The van der Waals surface area contributed by atoms with Gasteiger partial charge in [0.15, 0.2) is 0 Å². The van der Waals surface area contributed by atoms with Crippen LogP contribution in [0, 0.1) is 6.92 Å². The number of hydrogen-bond acceptors (Lipinski definition) is 6. The fourth-order valence-electron chi connectivity index (χ4n) is 2.49. The maximum Gasteiger partial charge on any atom is 0.291 e. The molecule has 0 aromatic heterocycles. The number of carbonyl (C=O) groups is 2. The minimum Gasteiger partial charge on any atom is -0.320 e. The lowest BCUT2D eigenvalue weighted by atomic mass is 10.2. The lowest BCUT2D eigenvalue weighted by molar-refractivity contribution is -0.115. The van der Waals surface area contributed by atoms with E-state index in [1.807, 2.05) is 11.6 Å². The fourth-order valence-corrected chi connectivity index (χ4v) is 3.47. The molecule has 0 heterocycles. The van der Waals surface area contributed by atoms with E-state index in [1.54, 1.807) is 60.7 Å². The van der Waals surface area contributed by atoms with E-state index in [1.165, 1.54) is 24.3 Å². The number of aryl methyl sites for hydroxylation is 1. The van der Waals surface area contributed by atoms with Crippen LogP contribution in [-0.4, -0.2) is 25.9 Å². The Morgan fingerprint density at radius 1 is 0.742 bits per heavy atom. The smallest absolute Gasteiger partial charge is 0.291 e. The summed E-state index contributed by atoms with van der Waals surface area (Å²) in [6.45, 7) is 1.89. The largest absolute Gasteiger partial charge is 0.320 e. The Labute approximate surface area is 180 Å². The van der Waals surface area contributed by atoms with Gasteiger partial charge in [-0.05, 0) is 43.3 Å². The van der Waals surface area contributed by atoms with Gasteiger partial charge in [-0.1, -0.05) is 54.1 Å². The third-order valence-electron chi connectivity index (χ3n) is 4.09. The van der Waals surface area contributed by atoms with Gasteiger partial charge in [-0.3, -0.25) is 15.0 Å². The molecule has 0 radical (unpaired) electrons. The molecule has 3 rings (SSSR count). The van der Waals surface area contributed by atoms with Crippen molar-refractivity contribution in [1.29, 1.82) is 0 Å². The van der Waals surface area contributed by atoms with E-state index in [-0.39, 0.29) is 4.90 Å². The van der Waals surface area contributed by atoms with Crippen LogP contribution in [0.3, 0.4) is 0 Å². The van der Waals surface area contributed by atoms with Gasteiger partial charge in [0.1, 0.15) is 0 Å². The molecule has 0 unspecified atom stereocenters. The zero-order chi connectivity index (χ0) is 22.3. The summed E-state index contributed by atoms with van der Waals surface area (Å²) >= 11 is 0. The van der Waals surface area contributed by atoms with Gasteiger partial charge in [0, 0.05) is 5.69 Å². The van der Waals surface area contributed by atoms with Gasteiger partial charge >= 0.3 is 0 Å². The Morgan fingerprint density at radius 2 is 1.32 bits per heavy atom. The number of carbonyl (C=O) groups excluding carboxylic acids is 2. The first-order chi connectivity index (χ1) is 14.8. The first-order valence-corrected chi connectivity index (χ1v) is 10.7. The summed E-state index contributed by atoms with van der Waals surface area (Å²) in [5.74, 6) is -2.04.